The summed E-state index contributed by atoms with van der Waals surface area (Å²) in [7, 11) is -1.48. The molecule has 1 aliphatic rings. The van der Waals surface area contributed by atoms with E-state index in [1.165, 1.54) is 6.07 Å². The first-order chi connectivity index (χ1) is 9.72. The van der Waals surface area contributed by atoms with Crippen molar-refractivity contribution in [3.8, 4) is 0 Å². The van der Waals surface area contributed by atoms with E-state index in [1.807, 2.05) is 0 Å². The number of nitrogens with zero attached hydrogens (tertiary/aromatic N) is 1. The molecule has 1 aromatic rings. The molecular weight excluding hydrogens is 354 g/mol. The number of rotatable bonds is 4. The number of nitrogens with one attached hydrogen (secondary N) is 1. The Morgan fingerprint density at radius 2 is 2.00 bits per heavy atom. The van der Waals surface area contributed by atoms with Crippen molar-refractivity contribution in [2.45, 2.75) is 24.7 Å². The van der Waals surface area contributed by atoms with E-state index in [0.29, 0.717) is 6.54 Å². The second kappa shape index (κ2) is 6.24. The number of halogens is 1. The highest BCUT2D eigenvalue weighted by Gasteiger charge is 2.30. The van der Waals surface area contributed by atoms with Crippen LogP contribution >= 0.6 is 15.9 Å². The summed E-state index contributed by atoms with van der Waals surface area (Å²) in [5.41, 5.74) is 6.07. The van der Waals surface area contributed by atoms with Crippen LogP contribution in [0.4, 0.5) is 5.69 Å². The number of benzene rings is 1. The Kier molecular flexibility index (Phi) is 4.97. The summed E-state index contributed by atoms with van der Waals surface area (Å²) in [5, 5.41) is 0. The largest absolute Gasteiger partial charge is 0.398 e. The van der Waals surface area contributed by atoms with Gasteiger partial charge in [-0.1, -0.05) is 22.9 Å². The highest BCUT2D eigenvalue weighted by Crippen LogP contribution is 2.30. The molecule has 0 radical (unpaired) electrons. The van der Waals surface area contributed by atoms with Crippen LogP contribution in [0.2, 0.25) is 0 Å². The molecule has 3 N–H and O–H groups in total. The molecule has 5 nitrogen and oxygen atoms in total. The third kappa shape index (κ3) is 4.18. The van der Waals surface area contributed by atoms with Crippen LogP contribution in [0, 0.1) is 5.41 Å². The molecule has 1 aliphatic heterocycles. The lowest BCUT2D eigenvalue weighted by Gasteiger charge is -2.37. The van der Waals surface area contributed by atoms with E-state index in [0.717, 1.165) is 30.4 Å². The van der Waals surface area contributed by atoms with Crippen molar-refractivity contribution in [2.75, 3.05) is 32.4 Å². The van der Waals surface area contributed by atoms with Crippen molar-refractivity contribution in [1.82, 2.24) is 9.62 Å². The Hall–Kier alpha value is -0.630. The van der Waals surface area contributed by atoms with Crippen LogP contribution in [0.3, 0.4) is 0 Å². The third-order valence-electron chi connectivity index (χ3n) is 4.14. The minimum absolute atomic E-state index is 0.00368. The summed E-state index contributed by atoms with van der Waals surface area (Å²) in [6, 6.07) is 4.81. The minimum atomic E-state index is -3.57. The first kappa shape index (κ1) is 16.7. The molecule has 1 aromatic carbocycles. The average molecular weight is 376 g/mol. The molecule has 1 saturated heterocycles. The average Bonchev–Trinajstić information content (AvgIpc) is 2.40. The standard InChI is InChI=1S/C14H22BrN3O2S/c1-14(5-7-18(2)8-6-14)10-17-21(19,20)13-4-3-11(15)9-12(13)16/h3-4,9,17H,5-8,10,16H2,1-2H3. The van der Waals surface area contributed by atoms with Crippen LogP contribution in [0.1, 0.15) is 19.8 Å². The molecule has 0 aromatic heterocycles. The van der Waals surface area contributed by atoms with Crippen molar-refractivity contribution >= 4 is 31.6 Å². The van der Waals surface area contributed by atoms with Gasteiger partial charge in [0.25, 0.3) is 0 Å². The number of nitrogen functional groups attached to an aromatic ring is 1. The fourth-order valence-corrected chi connectivity index (χ4v) is 4.14. The predicted molar refractivity (Wildman–Crippen MR) is 88.6 cm³/mol. The lowest BCUT2D eigenvalue weighted by molar-refractivity contribution is 0.143. The van der Waals surface area contributed by atoms with Crippen LogP contribution in [0.25, 0.3) is 0 Å². The molecule has 21 heavy (non-hydrogen) atoms. The van der Waals surface area contributed by atoms with E-state index in [-0.39, 0.29) is 16.0 Å². The van der Waals surface area contributed by atoms with E-state index in [9.17, 15) is 8.42 Å². The van der Waals surface area contributed by atoms with Gasteiger partial charge in [0.05, 0.1) is 5.69 Å². The fraction of sp³-hybridized carbons (Fsp3) is 0.571. The highest BCUT2D eigenvalue weighted by molar-refractivity contribution is 9.10. The summed E-state index contributed by atoms with van der Waals surface area (Å²) < 4.78 is 28.3. The molecule has 1 heterocycles. The van der Waals surface area contributed by atoms with E-state index in [4.69, 9.17) is 5.73 Å². The quantitative estimate of drug-likeness (QED) is 0.789. The Morgan fingerprint density at radius 1 is 1.38 bits per heavy atom. The van der Waals surface area contributed by atoms with Gasteiger partial charge in [-0.05, 0) is 56.6 Å². The van der Waals surface area contributed by atoms with Crippen molar-refractivity contribution in [3.05, 3.63) is 22.7 Å². The zero-order chi connectivity index (χ0) is 15.7. The molecule has 118 valence electrons. The molecular formula is C14H22BrN3O2S. The molecule has 1 fully saturated rings. The van der Waals surface area contributed by atoms with Gasteiger partial charge in [0.15, 0.2) is 0 Å². The first-order valence-electron chi connectivity index (χ1n) is 6.95. The lowest BCUT2D eigenvalue weighted by Crippen LogP contribution is -2.43. The lowest BCUT2D eigenvalue weighted by atomic mass is 9.81. The molecule has 0 atom stereocenters. The topological polar surface area (TPSA) is 75.4 Å². The molecule has 2 rings (SSSR count). The van der Waals surface area contributed by atoms with Crippen LogP contribution in [-0.2, 0) is 10.0 Å². The fourth-order valence-electron chi connectivity index (χ4n) is 2.45. The third-order valence-corrected chi connectivity index (χ3v) is 6.11. The maximum Gasteiger partial charge on any atom is 0.242 e. The van der Waals surface area contributed by atoms with Gasteiger partial charge in [-0.2, -0.15) is 0 Å². The second-order valence-electron chi connectivity index (χ2n) is 6.12. The number of hydrogen-bond acceptors (Lipinski definition) is 4. The van der Waals surface area contributed by atoms with E-state index in [1.54, 1.807) is 12.1 Å². The zero-order valence-corrected chi connectivity index (χ0v) is 14.8. The van der Waals surface area contributed by atoms with Crippen molar-refractivity contribution < 1.29 is 8.42 Å². The van der Waals surface area contributed by atoms with E-state index >= 15 is 0 Å². The van der Waals surface area contributed by atoms with E-state index in [2.05, 4.69) is 39.5 Å². The molecule has 0 unspecified atom stereocenters. The van der Waals surface area contributed by atoms with Crippen molar-refractivity contribution in [1.29, 1.82) is 0 Å². The summed E-state index contributed by atoms with van der Waals surface area (Å²) in [6.07, 6.45) is 1.98. The summed E-state index contributed by atoms with van der Waals surface area (Å²) in [6.45, 7) is 4.57. The van der Waals surface area contributed by atoms with Gasteiger partial charge in [-0.15, -0.1) is 0 Å². The number of piperidine rings is 1. The minimum Gasteiger partial charge on any atom is -0.398 e. The number of likely N-dealkylation sites (tertiary alicyclic amines) is 1. The predicted octanol–water partition coefficient (Wildman–Crippen LogP) is 2.04. The SMILES string of the molecule is CN1CCC(C)(CNS(=O)(=O)c2ccc(Br)cc2N)CC1. The van der Waals surface area contributed by atoms with Gasteiger partial charge in [-0.25, -0.2) is 13.1 Å². The van der Waals surface area contributed by atoms with Crippen LogP contribution in [-0.4, -0.2) is 40.0 Å². The summed E-state index contributed by atoms with van der Waals surface area (Å²) in [5.74, 6) is 0. The molecule has 7 heteroatoms. The molecule has 0 aliphatic carbocycles. The van der Waals surface area contributed by atoms with E-state index < -0.39 is 10.0 Å². The van der Waals surface area contributed by atoms with Crippen LogP contribution in [0.15, 0.2) is 27.6 Å². The smallest absolute Gasteiger partial charge is 0.242 e. The molecule has 0 amide bonds. The van der Waals surface area contributed by atoms with Gasteiger partial charge in [0, 0.05) is 11.0 Å². The molecule has 0 bridgehead atoms. The highest BCUT2D eigenvalue weighted by atomic mass is 79.9. The molecule has 0 saturated carbocycles. The van der Waals surface area contributed by atoms with Crippen LogP contribution in [0.5, 0.6) is 0 Å². The zero-order valence-electron chi connectivity index (χ0n) is 12.4. The maximum atomic E-state index is 12.4. The number of anilines is 1. The maximum absolute atomic E-state index is 12.4. The first-order valence-corrected chi connectivity index (χ1v) is 9.23. The number of nitrogens with two attached hydrogens (primary N) is 1. The van der Waals surface area contributed by atoms with Crippen LogP contribution < -0.4 is 10.5 Å². The van der Waals surface area contributed by atoms with Gasteiger partial charge in [0.2, 0.25) is 10.0 Å². The van der Waals surface area contributed by atoms with Gasteiger partial charge < -0.3 is 10.6 Å². The van der Waals surface area contributed by atoms with Gasteiger partial charge in [0.1, 0.15) is 4.90 Å². The number of hydrogen-bond donors (Lipinski definition) is 2. The Balaban J connectivity index is 2.08. The monoisotopic (exact) mass is 375 g/mol. The summed E-state index contributed by atoms with van der Waals surface area (Å²) >= 11 is 3.28. The Morgan fingerprint density at radius 3 is 2.57 bits per heavy atom. The van der Waals surface area contributed by atoms with Crippen molar-refractivity contribution in [3.63, 3.8) is 0 Å². The Bertz CT molecular complexity index is 611. The number of sulfonamides is 1. The van der Waals surface area contributed by atoms with Crippen molar-refractivity contribution in [2.24, 2.45) is 5.41 Å². The Labute approximate surface area is 135 Å². The second-order valence-corrected chi connectivity index (χ2v) is 8.77. The van der Waals surface area contributed by atoms with Gasteiger partial charge in [-0.3, -0.25) is 0 Å². The summed E-state index contributed by atoms with van der Waals surface area (Å²) in [4.78, 5) is 2.41. The normalized spacial score (nSPS) is 19.6. The molecule has 0 spiro atoms. The van der Waals surface area contributed by atoms with Gasteiger partial charge >= 0.3 is 0 Å².